The van der Waals surface area contributed by atoms with E-state index >= 15 is 0 Å². The number of fused-ring (bicyclic) bond motifs is 1. The van der Waals surface area contributed by atoms with Gasteiger partial charge in [-0.1, -0.05) is 29.8 Å². The Morgan fingerprint density at radius 3 is 2.60 bits per heavy atom. The molecule has 2 aromatic carbocycles. The molecule has 1 aliphatic rings. The summed E-state index contributed by atoms with van der Waals surface area (Å²) in [7, 11) is 0. The second-order valence-electron chi connectivity index (χ2n) is 5.44. The third-order valence-electron chi connectivity index (χ3n) is 3.73. The molecule has 0 fully saturated rings. The first-order valence-corrected chi connectivity index (χ1v) is 7.60. The molecule has 4 nitrogen and oxygen atoms in total. The zero-order valence-electron chi connectivity index (χ0n) is 12.6. The fraction of sp³-hybridized carbons (Fsp3) is 0.176. The Morgan fingerprint density at radius 2 is 1.92 bits per heavy atom. The van der Waals surface area contributed by atoms with Crippen molar-refractivity contribution in [2.24, 2.45) is 0 Å². The summed E-state index contributed by atoms with van der Waals surface area (Å²) >= 11 is 5.62. The van der Waals surface area contributed by atoms with Gasteiger partial charge >= 0.3 is 12.1 Å². The molecule has 1 N–H and O–H groups in total. The predicted molar refractivity (Wildman–Crippen MR) is 84.4 cm³/mol. The first kappa shape index (κ1) is 17.3. The summed E-state index contributed by atoms with van der Waals surface area (Å²) in [5.74, 6) is -1.26. The van der Waals surface area contributed by atoms with Gasteiger partial charge in [-0.15, -0.1) is 0 Å². The Kier molecular flexibility index (Phi) is 4.43. The van der Waals surface area contributed by atoms with Crippen LogP contribution in [-0.2, 0) is 22.1 Å². The van der Waals surface area contributed by atoms with Crippen LogP contribution in [0.2, 0.25) is 5.02 Å². The molecule has 0 unspecified atom stereocenters. The molecule has 0 saturated carbocycles. The van der Waals surface area contributed by atoms with Crippen LogP contribution in [0.4, 0.5) is 18.9 Å². The molecule has 1 aliphatic heterocycles. The van der Waals surface area contributed by atoms with Crippen LogP contribution in [0.25, 0.3) is 0 Å². The molecule has 1 atom stereocenters. The Hall–Kier alpha value is -2.54. The van der Waals surface area contributed by atoms with Gasteiger partial charge in [-0.25, -0.2) is 4.79 Å². The molecule has 1 heterocycles. The minimum absolute atomic E-state index is 0.0814. The monoisotopic (exact) mass is 369 g/mol. The van der Waals surface area contributed by atoms with Crippen molar-refractivity contribution in [3.63, 3.8) is 0 Å². The van der Waals surface area contributed by atoms with Crippen molar-refractivity contribution in [3.8, 4) is 0 Å². The maximum atomic E-state index is 12.7. The van der Waals surface area contributed by atoms with E-state index in [-0.39, 0.29) is 12.1 Å². The molecular weight excluding hydrogens is 359 g/mol. The predicted octanol–water partition coefficient (Wildman–Crippen LogP) is 4.08. The number of nitrogens with one attached hydrogen (secondary N) is 1. The Bertz CT molecular complexity index is 851. The van der Waals surface area contributed by atoms with Gasteiger partial charge in [0.05, 0.1) is 16.1 Å². The van der Waals surface area contributed by atoms with Crippen LogP contribution in [0.5, 0.6) is 0 Å². The lowest BCUT2D eigenvalue weighted by molar-refractivity contribution is -0.137. The SMILES string of the molecule is O=C1O[C@H](C(=O)Nc2ccc(C(F)(F)F)c(Cl)c2)Cc2ccccc21. The van der Waals surface area contributed by atoms with Gasteiger partial charge in [0.2, 0.25) is 0 Å². The topological polar surface area (TPSA) is 55.4 Å². The highest BCUT2D eigenvalue weighted by atomic mass is 35.5. The van der Waals surface area contributed by atoms with Crippen molar-refractivity contribution >= 4 is 29.2 Å². The highest BCUT2D eigenvalue weighted by Gasteiger charge is 2.34. The van der Waals surface area contributed by atoms with Crippen LogP contribution in [-0.4, -0.2) is 18.0 Å². The Balaban J connectivity index is 1.75. The van der Waals surface area contributed by atoms with Crippen LogP contribution < -0.4 is 5.32 Å². The number of hydrogen-bond acceptors (Lipinski definition) is 3. The lowest BCUT2D eigenvalue weighted by atomic mass is 9.98. The van der Waals surface area contributed by atoms with Crippen LogP contribution in [0.1, 0.15) is 21.5 Å². The number of ether oxygens (including phenoxy) is 1. The number of esters is 1. The van der Waals surface area contributed by atoms with Crippen molar-refractivity contribution in [1.82, 2.24) is 0 Å². The summed E-state index contributed by atoms with van der Waals surface area (Å²) < 4.78 is 43.2. The Labute approximate surface area is 145 Å². The smallest absolute Gasteiger partial charge is 0.417 e. The molecule has 0 aliphatic carbocycles. The molecule has 25 heavy (non-hydrogen) atoms. The molecule has 0 saturated heterocycles. The summed E-state index contributed by atoms with van der Waals surface area (Å²) in [6.45, 7) is 0. The highest BCUT2D eigenvalue weighted by molar-refractivity contribution is 6.31. The number of benzene rings is 2. The average Bonchev–Trinajstić information content (AvgIpc) is 2.53. The van der Waals surface area contributed by atoms with Gasteiger partial charge < -0.3 is 10.1 Å². The van der Waals surface area contributed by atoms with Crippen LogP contribution in [0, 0.1) is 0 Å². The second-order valence-corrected chi connectivity index (χ2v) is 5.84. The minimum Gasteiger partial charge on any atom is -0.448 e. The molecule has 130 valence electrons. The minimum atomic E-state index is -4.58. The van der Waals surface area contributed by atoms with Crippen LogP contribution in [0.3, 0.4) is 0 Å². The summed E-state index contributed by atoms with van der Waals surface area (Å²) in [6.07, 6.45) is -5.46. The van der Waals surface area contributed by atoms with E-state index in [4.69, 9.17) is 16.3 Å². The molecule has 0 radical (unpaired) electrons. The maximum absolute atomic E-state index is 12.7. The van der Waals surface area contributed by atoms with Gasteiger partial charge in [-0.3, -0.25) is 4.79 Å². The van der Waals surface area contributed by atoms with E-state index in [9.17, 15) is 22.8 Å². The number of carbonyl (C=O) groups is 2. The third-order valence-corrected chi connectivity index (χ3v) is 4.04. The fourth-order valence-corrected chi connectivity index (χ4v) is 2.81. The molecule has 0 spiro atoms. The van der Waals surface area contributed by atoms with Crippen LogP contribution >= 0.6 is 11.6 Å². The van der Waals surface area contributed by atoms with E-state index in [0.717, 1.165) is 18.2 Å². The first-order chi connectivity index (χ1) is 11.8. The summed E-state index contributed by atoms with van der Waals surface area (Å²) in [5, 5.41) is 1.88. The van der Waals surface area contributed by atoms with Gasteiger partial charge in [0.1, 0.15) is 0 Å². The van der Waals surface area contributed by atoms with E-state index in [2.05, 4.69) is 5.32 Å². The summed E-state index contributed by atoms with van der Waals surface area (Å²) in [6, 6.07) is 9.60. The molecule has 2 aromatic rings. The summed E-state index contributed by atoms with van der Waals surface area (Å²) in [5.41, 5.74) is 0.150. The van der Waals surface area contributed by atoms with Crippen LogP contribution in [0.15, 0.2) is 42.5 Å². The molecule has 0 aromatic heterocycles. The van der Waals surface area contributed by atoms with E-state index in [0.29, 0.717) is 11.1 Å². The van der Waals surface area contributed by atoms with Crippen molar-refractivity contribution < 1.29 is 27.5 Å². The van der Waals surface area contributed by atoms with E-state index in [1.54, 1.807) is 24.3 Å². The van der Waals surface area contributed by atoms with Gasteiger partial charge in [-0.2, -0.15) is 13.2 Å². The number of rotatable bonds is 2. The number of hydrogen-bond donors (Lipinski definition) is 1. The number of alkyl halides is 3. The normalized spacial score (nSPS) is 16.8. The third kappa shape index (κ3) is 3.61. The van der Waals surface area contributed by atoms with E-state index in [1.807, 2.05) is 0 Å². The largest absolute Gasteiger partial charge is 0.448 e. The maximum Gasteiger partial charge on any atom is 0.417 e. The van der Waals surface area contributed by atoms with E-state index in [1.165, 1.54) is 0 Å². The standard InChI is InChI=1S/C17H11ClF3NO3/c18-13-8-10(5-6-12(13)17(19,20)21)22-15(23)14-7-9-3-1-2-4-11(9)16(24)25-14/h1-6,8,14H,7H2,(H,22,23)/t14-/m0/s1. The molecular formula is C17H11ClF3NO3. The fourth-order valence-electron chi connectivity index (χ4n) is 2.52. The van der Waals surface area contributed by atoms with Gasteiger partial charge in [-0.05, 0) is 29.8 Å². The molecule has 1 amide bonds. The number of amides is 1. The number of halogens is 4. The van der Waals surface area contributed by atoms with E-state index < -0.39 is 34.7 Å². The quantitative estimate of drug-likeness (QED) is 0.812. The van der Waals surface area contributed by atoms with Crippen molar-refractivity contribution in [2.75, 3.05) is 5.32 Å². The van der Waals surface area contributed by atoms with Crippen molar-refractivity contribution in [1.29, 1.82) is 0 Å². The molecule has 8 heteroatoms. The summed E-state index contributed by atoms with van der Waals surface area (Å²) in [4.78, 5) is 24.2. The molecule has 0 bridgehead atoms. The zero-order valence-corrected chi connectivity index (χ0v) is 13.3. The van der Waals surface area contributed by atoms with Gasteiger partial charge in [0.15, 0.2) is 6.10 Å². The second kappa shape index (κ2) is 6.40. The number of anilines is 1. The lowest BCUT2D eigenvalue weighted by Crippen LogP contribution is -2.37. The number of carbonyl (C=O) groups excluding carboxylic acids is 2. The van der Waals surface area contributed by atoms with Crippen molar-refractivity contribution in [3.05, 3.63) is 64.2 Å². The average molecular weight is 370 g/mol. The van der Waals surface area contributed by atoms with Crippen molar-refractivity contribution in [2.45, 2.75) is 18.7 Å². The molecule has 3 rings (SSSR count). The Morgan fingerprint density at radius 1 is 1.20 bits per heavy atom. The zero-order chi connectivity index (χ0) is 18.2. The highest BCUT2D eigenvalue weighted by Crippen LogP contribution is 2.36. The number of cyclic esters (lactones) is 1. The lowest BCUT2D eigenvalue weighted by Gasteiger charge is -2.23. The van der Waals surface area contributed by atoms with Gasteiger partial charge in [0, 0.05) is 12.1 Å². The van der Waals surface area contributed by atoms with Gasteiger partial charge in [0.25, 0.3) is 5.91 Å². The first-order valence-electron chi connectivity index (χ1n) is 7.22.